The maximum absolute atomic E-state index is 13.3. The maximum Gasteiger partial charge on any atom is 0.291 e. The largest absolute Gasteiger partial charge is 0.496 e. The summed E-state index contributed by atoms with van der Waals surface area (Å²) in [7, 11) is 1.65. The molecule has 0 unspecified atom stereocenters. The molecule has 0 bridgehead atoms. The summed E-state index contributed by atoms with van der Waals surface area (Å²) in [6, 6.07) is 23.0. The highest BCUT2D eigenvalue weighted by Crippen LogP contribution is 2.29. The summed E-state index contributed by atoms with van der Waals surface area (Å²) in [5.74, 6) is 1.29. The zero-order valence-corrected chi connectivity index (χ0v) is 21.5. The standard InChI is InChI=1S/C28H20ClN5O2S/c1-17-14-19(10-13-23(17)36-2)25-20(16-33(31-25)22-6-4-3-5-7-22)15-24-27(35)34-28(37-24)30-26(32-34)18-8-11-21(29)12-9-18/h3-16H,1-2H3. The van der Waals surface area contributed by atoms with Crippen LogP contribution in [-0.2, 0) is 0 Å². The quantitative estimate of drug-likeness (QED) is 0.310. The Hall–Kier alpha value is -4.27. The summed E-state index contributed by atoms with van der Waals surface area (Å²) in [5, 5.41) is 9.95. The highest BCUT2D eigenvalue weighted by Gasteiger charge is 2.16. The van der Waals surface area contributed by atoms with Crippen LogP contribution in [0.5, 0.6) is 5.75 Å². The van der Waals surface area contributed by atoms with Crippen molar-refractivity contribution in [1.29, 1.82) is 0 Å². The number of hydrogen-bond donors (Lipinski definition) is 0. The van der Waals surface area contributed by atoms with E-state index in [0.29, 0.717) is 20.3 Å². The summed E-state index contributed by atoms with van der Waals surface area (Å²) >= 11 is 7.28. The van der Waals surface area contributed by atoms with E-state index in [4.69, 9.17) is 21.4 Å². The summed E-state index contributed by atoms with van der Waals surface area (Å²) in [4.78, 5) is 18.4. The Balaban J connectivity index is 1.48. The average molecular weight is 526 g/mol. The lowest BCUT2D eigenvalue weighted by atomic mass is 10.0. The molecule has 0 amide bonds. The second kappa shape index (κ2) is 9.31. The van der Waals surface area contributed by atoms with Crippen molar-refractivity contribution < 1.29 is 4.74 Å². The fourth-order valence-corrected chi connectivity index (χ4v) is 5.18. The summed E-state index contributed by atoms with van der Waals surface area (Å²) in [6.45, 7) is 1.99. The van der Waals surface area contributed by atoms with Crippen molar-refractivity contribution in [3.63, 3.8) is 0 Å². The van der Waals surface area contributed by atoms with Gasteiger partial charge in [-0.25, -0.2) is 4.68 Å². The third-order valence-electron chi connectivity index (χ3n) is 6.00. The van der Waals surface area contributed by atoms with Crippen LogP contribution in [0.15, 0.2) is 83.8 Å². The molecule has 0 atom stereocenters. The van der Waals surface area contributed by atoms with Gasteiger partial charge in [0, 0.05) is 27.9 Å². The van der Waals surface area contributed by atoms with Crippen molar-refractivity contribution in [1.82, 2.24) is 24.4 Å². The Labute approximate surface area is 220 Å². The zero-order valence-electron chi connectivity index (χ0n) is 19.9. The van der Waals surface area contributed by atoms with Gasteiger partial charge in [0.1, 0.15) is 11.4 Å². The Morgan fingerprint density at radius 1 is 0.973 bits per heavy atom. The molecule has 182 valence electrons. The molecule has 3 aromatic carbocycles. The first-order chi connectivity index (χ1) is 18.0. The van der Waals surface area contributed by atoms with Gasteiger partial charge in [-0.1, -0.05) is 41.1 Å². The molecule has 0 aliphatic carbocycles. The minimum Gasteiger partial charge on any atom is -0.496 e. The number of thiazole rings is 1. The topological polar surface area (TPSA) is 74.3 Å². The molecule has 6 rings (SSSR count). The number of aryl methyl sites for hydroxylation is 1. The second-order valence-electron chi connectivity index (χ2n) is 8.45. The molecular formula is C28H20ClN5O2S. The molecule has 0 N–H and O–H groups in total. The van der Waals surface area contributed by atoms with Crippen LogP contribution in [-0.4, -0.2) is 31.5 Å². The van der Waals surface area contributed by atoms with Gasteiger partial charge in [-0.05, 0) is 73.2 Å². The predicted octanol–water partition coefficient (Wildman–Crippen LogP) is 5.19. The Bertz CT molecular complexity index is 1860. The SMILES string of the molecule is COc1ccc(-c2nn(-c3ccccc3)cc2C=c2sc3nc(-c4ccc(Cl)cc4)nn3c2=O)cc1C. The summed E-state index contributed by atoms with van der Waals surface area (Å²) in [5.41, 5.74) is 4.99. The number of benzene rings is 3. The molecule has 0 aliphatic rings. The number of nitrogens with zero attached hydrogens (tertiary/aromatic N) is 5. The summed E-state index contributed by atoms with van der Waals surface area (Å²) < 4.78 is 9.12. The highest BCUT2D eigenvalue weighted by atomic mass is 35.5. The smallest absolute Gasteiger partial charge is 0.291 e. The number of methoxy groups -OCH3 is 1. The molecule has 0 saturated heterocycles. The van der Waals surface area contributed by atoms with Gasteiger partial charge < -0.3 is 4.74 Å². The van der Waals surface area contributed by atoms with Crippen LogP contribution < -0.4 is 14.8 Å². The van der Waals surface area contributed by atoms with Crippen LogP contribution in [0.2, 0.25) is 5.02 Å². The van der Waals surface area contributed by atoms with Crippen molar-refractivity contribution in [2.24, 2.45) is 0 Å². The number of fused-ring (bicyclic) bond motifs is 1. The number of hydrogen-bond acceptors (Lipinski definition) is 6. The first kappa shape index (κ1) is 23.1. The summed E-state index contributed by atoms with van der Waals surface area (Å²) in [6.07, 6.45) is 3.78. The van der Waals surface area contributed by atoms with Gasteiger partial charge in [-0.3, -0.25) is 4.79 Å². The van der Waals surface area contributed by atoms with E-state index in [-0.39, 0.29) is 5.56 Å². The number of ether oxygens (including phenoxy) is 1. The van der Waals surface area contributed by atoms with Crippen LogP contribution in [0.3, 0.4) is 0 Å². The van der Waals surface area contributed by atoms with Gasteiger partial charge >= 0.3 is 0 Å². The number of halogens is 1. The van der Waals surface area contributed by atoms with Gasteiger partial charge in [-0.15, -0.1) is 5.10 Å². The van der Waals surface area contributed by atoms with Crippen molar-refractivity contribution in [2.75, 3.05) is 7.11 Å². The van der Waals surface area contributed by atoms with Crippen LogP contribution in [0, 0.1) is 6.92 Å². The van der Waals surface area contributed by atoms with Crippen molar-refractivity contribution in [3.05, 3.63) is 110 Å². The Morgan fingerprint density at radius 3 is 2.43 bits per heavy atom. The highest BCUT2D eigenvalue weighted by molar-refractivity contribution is 7.15. The molecule has 37 heavy (non-hydrogen) atoms. The molecule has 0 aliphatic heterocycles. The van der Waals surface area contributed by atoms with E-state index in [1.54, 1.807) is 19.2 Å². The second-order valence-corrected chi connectivity index (χ2v) is 9.90. The lowest BCUT2D eigenvalue weighted by Gasteiger charge is -2.06. The molecule has 7 nitrogen and oxygen atoms in total. The van der Waals surface area contributed by atoms with Gasteiger partial charge in [-0.2, -0.15) is 14.6 Å². The van der Waals surface area contributed by atoms with Gasteiger partial charge in [0.15, 0.2) is 5.82 Å². The van der Waals surface area contributed by atoms with Crippen LogP contribution in [0.4, 0.5) is 0 Å². The molecule has 0 saturated carbocycles. The first-order valence-electron chi connectivity index (χ1n) is 11.5. The first-order valence-corrected chi connectivity index (χ1v) is 12.7. The van der Waals surface area contributed by atoms with Crippen LogP contribution >= 0.6 is 22.9 Å². The third-order valence-corrected chi connectivity index (χ3v) is 7.21. The van der Waals surface area contributed by atoms with Crippen molar-refractivity contribution in [3.8, 4) is 34.1 Å². The van der Waals surface area contributed by atoms with E-state index < -0.39 is 0 Å². The van der Waals surface area contributed by atoms with Crippen molar-refractivity contribution >= 4 is 34.0 Å². The average Bonchev–Trinajstić information content (AvgIpc) is 3.60. The van der Waals surface area contributed by atoms with Gasteiger partial charge in [0.25, 0.3) is 5.56 Å². The zero-order chi connectivity index (χ0) is 25.5. The van der Waals surface area contributed by atoms with E-state index >= 15 is 0 Å². The van der Waals surface area contributed by atoms with Gasteiger partial charge in [0.2, 0.25) is 4.96 Å². The molecule has 9 heteroatoms. The molecule has 0 fully saturated rings. The van der Waals surface area contributed by atoms with Gasteiger partial charge in [0.05, 0.1) is 17.3 Å². The lowest BCUT2D eigenvalue weighted by Crippen LogP contribution is -2.23. The number of para-hydroxylation sites is 1. The Kier molecular flexibility index (Phi) is 5.82. The van der Waals surface area contributed by atoms with E-state index in [2.05, 4.69) is 10.1 Å². The van der Waals surface area contributed by atoms with Crippen molar-refractivity contribution in [2.45, 2.75) is 6.92 Å². The predicted molar refractivity (Wildman–Crippen MR) is 147 cm³/mol. The maximum atomic E-state index is 13.3. The molecule has 3 heterocycles. The fraction of sp³-hybridized carbons (Fsp3) is 0.0714. The van der Waals surface area contributed by atoms with E-state index in [1.165, 1.54) is 15.9 Å². The van der Waals surface area contributed by atoms with Crippen LogP contribution in [0.1, 0.15) is 11.1 Å². The Morgan fingerprint density at radius 2 is 1.73 bits per heavy atom. The minimum atomic E-state index is -0.225. The minimum absolute atomic E-state index is 0.225. The van der Waals surface area contributed by atoms with E-state index in [9.17, 15) is 4.79 Å². The molecule has 3 aromatic heterocycles. The number of rotatable bonds is 5. The monoisotopic (exact) mass is 525 g/mol. The molecular weight excluding hydrogens is 506 g/mol. The lowest BCUT2D eigenvalue weighted by molar-refractivity contribution is 0.412. The van der Waals surface area contributed by atoms with E-state index in [1.807, 2.05) is 84.5 Å². The number of aromatic nitrogens is 5. The van der Waals surface area contributed by atoms with E-state index in [0.717, 1.165) is 39.4 Å². The molecule has 6 aromatic rings. The normalized spacial score (nSPS) is 11.9. The molecule has 0 radical (unpaired) electrons. The molecule has 0 spiro atoms. The fourth-order valence-electron chi connectivity index (χ4n) is 4.15. The third kappa shape index (κ3) is 4.30. The van der Waals surface area contributed by atoms with Crippen LogP contribution in [0.25, 0.3) is 39.4 Å².